The van der Waals surface area contributed by atoms with Gasteiger partial charge in [-0.3, -0.25) is 9.59 Å². The van der Waals surface area contributed by atoms with Gasteiger partial charge in [-0.05, 0) is 36.4 Å². The van der Waals surface area contributed by atoms with E-state index in [1.54, 1.807) is 31.4 Å². The zero-order valence-corrected chi connectivity index (χ0v) is 13.8. The number of rotatable bonds is 7. The van der Waals surface area contributed by atoms with Crippen molar-refractivity contribution in [2.24, 2.45) is 0 Å². The first kappa shape index (κ1) is 17.8. The molecule has 0 atom stereocenters. The minimum atomic E-state index is -0.384. The van der Waals surface area contributed by atoms with Crippen molar-refractivity contribution in [1.82, 2.24) is 5.32 Å². The highest BCUT2D eigenvalue weighted by Crippen LogP contribution is 2.23. The summed E-state index contributed by atoms with van der Waals surface area (Å²) < 4.78 is 9.97. The number of amides is 2. The third-order valence-electron chi connectivity index (χ3n) is 3.02. The summed E-state index contributed by atoms with van der Waals surface area (Å²) in [6.45, 7) is 0.812. The van der Waals surface area contributed by atoms with Crippen LogP contribution in [0.2, 0.25) is 5.02 Å². The predicted molar refractivity (Wildman–Crippen MR) is 92.0 cm³/mol. The Morgan fingerprint density at radius 2 is 2.17 bits per heavy atom. The van der Waals surface area contributed by atoms with Gasteiger partial charge in [0.25, 0.3) is 5.91 Å². The van der Waals surface area contributed by atoms with Gasteiger partial charge in [0.1, 0.15) is 5.76 Å². The van der Waals surface area contributed by atoms with Crippen LogP contribution in [0.3, 0.4) is 0 Å². The lowest BCUT2D eigenvalue weighted by Crippen LogP contribution is -2.27. The molecule has 1 aromatic carbocycles. The number of benzene rings is 1. The van der Waals surface area contributed by atoms with E-state index >= 15 is 0 Å². The molecule has 0 aliphatic rings. The number of furan rings is 1. The Morgan fingerprint density at radius 3 is 2.88 bits per heavy atom. The van der Waals surface area contributed by atoms with Gasteiger partial charge in [0.15, 0.2) is 0 Å². The molecule has 2 N–H and O–H groups in total. The minimum Gasteiger partial charge on any atom is -0.465 e. The smallest absolute Gasteiger partial charge is 0.251 e. The molecule has 2 rings (SSSR count). The summed E-state index contributed by atoms with van der Waals surface area (Å²) in [4.78, 5) is 23.9. The van der Waals surface area contributed by atoms with E-state index in [1.807, 2.05) is 0 Å². The van der Waals surface area contributed by atoms with Crippen LogP contribution in [0.1, 0.15) is 16.1 Å². The molecule has 2 aromatic rings. The van der Waals surface area contributed by atoms with Gasteiger partial charge in [0.05, 0.1) is 23.6 Å². The number of carbonyl (C=O) groups excluding carboxylic acids is 2. The normalized spacial score (nSPS) is 10.8. The van der Waals surface area contributed by atoms with E-state index in [2.05, 4.69) is 10.6 Å². The Kier molecular flexibility index (Phi) is 6.60. The van der Waals surface area contributed by atoms with E-state index in [9.17, 15) is 9.59 Å². The zero-order valence-electron chi connectivity index (χ0n) is 13.0. The maximum atomic E-state index is 12.0. The van der Waals surface area contributed by atoms with Gasteiger partial charge >= 0.3 is 0 Å². The third-order valence-corrected chi connectivity index (χ3v) is 3.35. The molecule has 0 aliphatic heterocycles. The molecule has 7 heteroatoms. The van der Waals surface area contributed by atoms with Crippen LogP contribution in [-0.2, 0) is 9.53 Å². The lowest BCUT2D eigenvalue weighted by Gasteiger charge is -2.09. The topological polar surface area (TPSA) is 80.6 Å². The fourth-order valence-corrected chi connectivity index (χ4v) is 2.01. The molecule has 24 heavy (non-hydrogen) atoms. The number of anilines is 1. The highest BCUT2D eigenvalue weighted by Gasteiger charge is 2.10. The van der Waals surface area contributed by atoms with Gasteiger partial charge in [-0.15, -0.1) is 0 Å². The van der Waals surface area contributed by atoms with Crippen LogP contribution in [0.25, 0.3) is 6.08 Å². The summed E-state index contributed by atoms with van der Waals surface area (Å²) in [6, 6.07) is 8.10. The Labute approximate surface area is 144 Å². The fraction of sp³-hybridized carbons (Fsp3) is 0.176. The van der Waals surface area contributed by atoms with Crippen molar-refractivity contribution in [2.45, 2.75) is 0 Å². The van der Waals surface area contributed by atoms with Crippen molar-refractivity contribution in [3.05, 3.63) is 59.0 Å². The first-order valence-electron chi connectivity index (χ1n) is 7.19. The Hall–Kier alpha value is -2.57. The molecule has 1 heterocycles. The number of nitrogens with one attached hydrogen (secondary N) is 2. The molecular formula is C17H17ClN2O4. The first-order chi connectivity index (χ1) is 11.6. The first-order valence-corrected chi connectivity index (χ1v) is 7.57. The summed E-state index contributed by atoms with van der Waals surface area (Å²) >= 11 is 6.06. The van der Waals surface area contributed by atoms with E-state index in [1.165, 1.54) is 24.5 Å². The van der Waals surface area contributed by atoms with Crippen molar-refractivity contribution in [3.8, 4) is 0 Å². The van der Waals surface area contributed by atoms with E-state index in [4.69, 9.17) is 20.8 Å². The Morgan fingerprint density at radius 1 is 1.33 bits per heavy atom. The van der Waals surface area contributed by atoms with Gasteiger partial charge in [-0.25, -0.2) is 0 Å². The highest BCUT2D eigenvalue weighted by molar-refractivity contribution is 6.34. The number of halogens is 1. The molecule has 2 amide bonds. The van der Waals surface area contributed by atoms with Gasteiger partial charge < -0.3 is 19.8 Å². The molecule has 1 aromatic heterocycles. The number of methoxy groups -OCH3 is 1. The van der Waals surface area contributed by atoms with Crippen molar-refractivity contribution >= 4 is 35.2 Å². The van der Waals surface area contributed by atoms with Gasteiger partial charge in [0.2, 0.25) is 5.91 Å². The molecule has 0 unspecified atom stereocenters. The van der Waals surface area contributed by atoms with E-state index < -0.39 is 0 Å². The molecule has 0 saturated carbocycles. The number of hydrogen-bond acceptors (Lipinski definition) is 4. The second-order valence-electron chi connectivity index (χ2n) is 4.78. The summed E-state index contributed by atoms with van der Waals surface area (Å²) in [5.74, 6) is -0.0990. The van der Waals surface area contributed by atoms with Crippen LogP contribution in [-0.4, -0.2) is 32.1 Å². The van der Waals surface area contributed by atoms with Crippen molar-refractivity contribution in [2.75, 3.05) is 25.6 Å². The summed E-state index contributed by atoms with van der Waals surface area (Å²) in [5, 5.41) is 5.66. The van der Waals surface area contributed by atoms with Crippen LogP contribution in [0.5, 0.6) is 0 Å². The number of ether oxygens (including phenoxy) is 1. The molecule has 0 spiro atoms. The zero-order chi connectivity index (χ0) is 17.4. The maximum Gasteiger partial charge on any atom is 0.251 e. The monoisotopic (exact) mass is 348 g/mol. The third kappa shape index (κ3) is 5.26. The molecule has 0 bridgehead atoms. The van der Waals surface area contributed by atoms with Crippen molar-refractivity contribution in [3.63, 3.8) is 0 Å². The predicted octanol–water partition coefficient (Wildman–Crippen LogP) is 2.96. The summed E-state index contributed by atoms with van der Waals surface area (Å²) in [7, 11) is 1.55. The maximum absolute atomic E-state index is 12.0. The van der Waals surface area contributed by atoms with Crippen LogP contribution in [0.4, 0.5) is 5.69 Å². The molecular weight excluding hydrogens is 332 g/mol. The van der Waals surface area contributed by atoms with Crippen LogP contribution in [0, 0.1) is 0 Å². The second-order valence-corrected chi connectivity index (χ2v) is 5.19. The quantitative estimate of drug-likeness (QED) is 0.595. The molecule has 126 valence electrons. The largest absolute Gasteiger partial charge is 0.465 e. The van der Waals surface area contributed by atoms with Crippen molar-refractivity contribution < 1.29 is 18.7 Å². The van der Waals surface area contributed by atoms with E-state index in [0.717, 1.165) is 0 Å². The summed E-state index contributed by atoms with van der Waals surface area (Å²) in [5.41, 5.74) is 0.742. The van der Waals surface area contributed by atoms with Crippen LogP contribution >= 0.6 is 11.6 Å². The molecule has 0 aliphatic carbocycles. The number of hydrogen-bond donors (Lipinski definition) is 2. The van der Waals surface area contributed by atoms with Crippen LogP contribution < -0.4 is 10.6 Å². The summed E-state index contributed by atoms with van der Waals surface area (Å²) in [6.07, 6.45) is 4.37. The Balaban J connectivity index is 2.02. The van der Waals surface area contributed by atoms with Gasteiger partial charge in [-0.1, -0.05) is 11.6 Å². The van der Waals surface area contributed by atoms with Gasteiger partial charge in [0, 0.05) is 25.3 Å². The van der Waals surface area contributed by atoms with Crippen LogP contribution in [0.15, 0.2) is 47.1 Å². The minimum absolute atomic E-state index is 0.273. The highest BCUT2D eigenvalue weighted by atomic mass is 35.5. The van der Waals surface area contributed by atoms with E-state index in [-0.39, 0.29) is 11.8 Å². The molecule has 0 fully saturated rings. The standard InChI is InChI=1S/C17H17ClN2O4/c1-23-10-8-19-17(22)12-4-6-14(18)15(11-12)20-16(21)7-5-13-3-2-9-24-13/h2-7,9,11H,8,10H2,1H3,(H,19,22)(H,20,21)/b7-5+. The lowest BCUT2D eigenvalue weighted by atomic mass is 10.2. The SMILES string of the molecule is COCCNC(=O)c1ccc(Cl)c(NC(=O)/C=C/c2ccco2)c1. The number of carbonyl (C=O) groups is 2. The average molecular weight is 349 g/mol. The Bertz CT molecular complexity index is 726. The second kappa shape index (κ2) is 8.90. The van der Waals surface area contributed by atoms with Crippen molar-refractivity contribution in [1.29, 1.82) is 0 Å². The fourth-order valence-electron chi connectivity index (χ4n) is 1.85. The molecule has 0 saturated heterocycles. The lowest BCUT2D eigenvalue weighted by molar-refractivity contribution is -0.111. The van der Waals surface area contributed by atoms with Gasteiger partial charge in [-0.2, -0.15) is 0 Å². The average Bonchev–Trinajstić information content (AvgIpc) is 3.08. The van der Waals surface area contributed by atoms with E-state index in [0.29, 0.717) is 35.2 Å². The molecule has 0 radical (unpaired) electrons. The molecule has 6 nitrogen and oxygen atoms in total.